The summed E-state index contributed by atoms with van der Waals surface area (Å²) in [7, 11) is 0. The summed E-state index contributed by atoms with van der Waals surface area (Å²) in [5, 5.41) is 0. The average Bonchev–Trinajstić information content (AvgIpc) is 1.84. The molecule has 0 atom stereocenters. The van der Waals surface area contributed by atoms with Crippen molar-refractivity contribution in [2.24, 2.45) is 22.9 Å². The van der Waals surface area contributed by atoms with E-state index >= 15 is 0 Å². The van der Waals surface area contributed by atoms with Crippen molar-refractivity contribution in [1.29, 1.82) is 0 Å². The number of hydrogen-bond donors (Lipinski definition) is 4. The molecule has 0 rings (SSSR count). The van der Waals surface area contributed by atoms with E-state index in [0.717, 1.165) is 0 Å². The minimum atomic E-state index is 0.315. The smallest absolute Gasteiger partial charge is 0.0750 e. The summed E-state index contributed by atoms with van der Waals surface area (Å²) in [5.74, 6) is 0. The van der Waals surface area contributed by atoms with Crippen molar-refractivity contribution in [3.63, 3.8) is 0 Å². The van der Waals surface area contributed by atoms with E-state index in [0.29, 0.717) is 17.1 Å². The lowest BCUT2D eigenvalue weighted by Crippen LogP contribution is -2.15. The van der Waals surface area contributed by atoms with E-state index in [9.17, 15) is 0 Å². The maximum Gasteiger partial charge on any atom is 0.0750 e. The Morgan fingerprint density at radius 2 is 1.67 bits per heavy atom. The van der Waals surface area contributed by atoms with E-state index in [2.05, 4.69) is 0 Å². The molecule has 0 aliphatic carbocycles. The number of rotatable bonds is 1. The van der Waals surface area contributed by atoms with Crippen LogP contribution in [-0.2, 0) is 0 Å². The van der Waals surface area contributed by atoms with Gasteiger partial charge in [-0.2, -0.15) is 0 Å². The zero-order chi connectivity index (χ0) is 7.44. The van der Waals surface area contributed by atoms with Crippen LogP contribution in [0, 0.1) is 0 Å². The third-order valence-corrected chi connectivity index (χ3v) is 0.915. The summed E-state index contributed by atoms with van der Waals surface area (Å²) >= 11 is 0. The van der Waals surface area contributed by atoms with Crippen molar-refractivity contribution in [1.82, 2.24) is 0 Å². The van der Waals surface area contributed by atoms with Gasteiger partial charge in [-0.1, -0.05) is 0 Å². The molecule has 0 fully saturated rings. The summed E-state index contributed by atoms with van der Waals surface area (Å²) < 4.78 is 0. The monoisotopic (exact) mass is 128 g/mol. The van der Waals surface area contributed by atoms with Gasteiger partial charge in [0.1, 0.15) is 0 Å². The third-order valence-electron chi connectivity index (χ3n) is 0.915. The highest BCUT2D eigenvalue weighted by Gasteiger charge is 1.94. The van der Waals surface area contributed by atoms with Gasteiger partial charge >= 0.3 is 0 Å². The third kappa shape index (κ3) is 1.94. The molecular formula is C5H12N4. The Morgan fingerprint density at radius 1 is 1.22 bits per heavy atom. The number of hydrogen-bond acceptors (Lipinski definition) is 4. The van der Waals surface area contributed by atoms with Gasteiger partial charge in [-0.05, 0) is 6.92 Å². The fraction of sp³-hybridized carbons (Fsp3) is 0.200. The fourth-order valence-electron chi connectivity index (χ4n) is 0.317. The quantitative estimate of drug-likeness (QED) is 0.336. The highest BCUT2D eigenvalue weighted by atomic mass is 14.8. The zero-order valence-corrected chi connectivity index (χ0v) is 5.39. The van der Waals surface area contributed by atoms with Gasteiger partial charge in [0.15, 0.2) is 0 Å². The van der Waals surface area contributed by atoms with E-state index in [4.69, 9.17) is 22.9 Å². The Hall–Kier alpha value is -1.32. The number of nitrogens with two attached hydrogens (primary N) is 4. The van der Waals surface area contributed by atoms with Crippen LogP contribution in [0.2, 0.25) is 0 Å². The molecule has 0 saturated heterocycles. The first-order chi connectivity index (χ1) is 4.09. The van der Waals surface area contributed by atoms with Gasteiger partial charge in [-0.3, -0.25) is 0 Å². The van der Waals surface area contributed by atoms with Gasteiger partial charge in [0.2, 0.25) is 0 Å². The first-order valence-electron chi connectivity index (χ1n) is 2.49. The molecule has 0 spiro atoms. The summed E-state index contributed by atoms with van der Waals surface area (Å²) in [6.45, 7) is 1.66. The molecule has 0 aliphatic heterocycles. The molecule has 8 N–H and O–H groups in total. The first-order valence-corrected chi connectivity index (χ1v) is 2.49. The van der Waals surface area contributed by atoms with Crippen LogP contribution >= 0.6 is 0 Å². The second-order valence-corrected chi connectivity index (χ2v) is 1.72. The maximum absolute atomic E-state index is 5.35. The molecule has 0 aliphatic rings. The van der Waals surface area contributed by atoms with E-state index in [-0.39, 0.29) is 0 Å². The molecule has 4 nitrogen and oxygen atoms in total. The summed E-state index contributed by atoms with van der Waals surface area (Å²) in [4.78, 5) is 0. The van der Waals surface area contributed by atoms with Crippen LogP contribution in [0.15, 0.2) is 23.3 Å². The van der Waals surface area contributed by atoms with E-state index in [1.54, 1.807) is 6.92 Å². The molecule has 52 valence electrons. The van der Waals surface area contributed by atoms with Crippen molar-refractivity contribution in [2.45, 2.75) is 6.92 Å². The maximum atomic E-state index is 5.35. The Bertz CT molecular complexity index is 152. The minimum Gasteiger partial charge on any atom is -0.403 e. The molecule has 0 aromatic heterocycles. The molecular weight excluding hydrogens is 116 g/mol. The van der Waals surface area contributed by atoms with E-state index in [1.165, 1.54) is 6.20 Å². The molecule has 4 heteroatoms. The summed E-state index contributed by atoms with van der Waals surface area (Å²) in [6, 6.07) is 0. The molecule has 0 aromatic carbocycles. The van der Waals surface area contributed by atoms with E-state index < -0.39 is 0 Å². The topological polar surface area (TPSA) is 104 Å². The number of allylic oxidation sites excluding steroid dienone is 1. The Morgan fingerprint density at radius 3 is 1.78 bits per heavy atom. The molecule has 0 bridgehead atoms. The molecule has 9 heavy (non-hydrogen) atoms. The molecule has 0 radical (unpaired) electrons. The highest BCUT2D eigenvalue weighted by Crippen LogP contribution is 1.95. The lowest BCUT2D eigenvalue weighted by molar-refractivity contribution is 1.13. The van der Waals surface area contributed by atoms with Crippen LogP contribution in [0.3, 0.4) is 0 Å². The van der Waals surface area contributed by atoms with Crippen LogP contribution in [0.1, 0.15) is 6.92 Å². The van der Waals surface area contributed by atoms with Crippen LogP contribution in [0.5, 0.6) is 0 Å². The van der Waals surface area contributed by atoms with Crippen molar-refractivity contribution >= 4 is 0 Å². The van der Waals surface area contributed by atoms with Crippen molar-refractivity contribution in [3.05, 3.63) is 23.3 Å². The van der Waals surface area contributed by atoms with Gasteiger partial charge in [-0.25, -0.2) is 0 Å². The SMILES string of the molecule is C/C(N)=C(N)\C(N)=C\N. The Kier molecular flexibility index (Phi) is 2.44. The molecule has 0 amide bonds. The average molecular weight is 128 g/mol. The standard InChI is InChI=1S/C5H12N4/c1-3(7)5(9)4(8)2-6/h2H,6-9H2,1H3/b4-2-,5-3-. The van der Waals surface area contributed by atoms with Crippen LogP contribution in [0.25, 0.3) is 0 Å². The molecule has 0 saturated carbocycles. The van der Waals surface area contributed by atoms with Gasteiger partial charge in [0, 0.05) is 11.9 Å². The van der Waals surface area contributed by atoms with Gasteiger partial charge in [-0.15, -0.1) is 0 Å². The fourth-order valence-corrected chi connectivity index (χ4v) is 0.317. The lowest BCUT2D eigenvalue weighted by atomic mass is 10.3. The predicted molar refractivity (Wildman–Crippen MR) is 37.5 cm³/mol. The highest BCUT2D eigenvalue weighted by molar-refractivity contribution is 5.27. The molecule has 0 heterocycles. The lowest BCUT2D eigenvalue weighted by Gasteiger charge is -2.00. The van der Waals surface area contributed by atoms with Crippen LogP contribution < -0.4 is 22.9 Å². The Labute approximate surface area is 54.2 Å². The van der Waals surface area contributed by atoms with Crippen molar-refractivity contribution in [2.75, 3.05) is 0 Å². The second kappa shape index (κ2) is 2.86. The predicted octanol–water partition coefficient (Wildman–Crippen LogP) is -1.11. The summed E-state index contributed by atoms with van der Waals surface area (Å²) in [5.41, 5.74) is 22.1. The zero-order valence-electron chi connectivity index (χ0n) is 5.39. The first kappa shape index (κ1) is 7.68. The van der Waals surface area contributed by atoms with Crippen molar-refractivity contribution < 1.29 is 0 Å². The van der Waals surface area contributed by atoms with E-state index in [1.807, 2.05) is 0 Å². The Balaban J connectivity index is 4.40. The second-order valence-electron chi connectivity index (χ2n) is 1.72. The van der Waals surface area contributed by atoms with Crippen LogP contribution in [-0.4, -0.2) is 0 Å². The van der Waals surface area contributed by atoms with Gasteiger partial charge in [0.25, 0.3) is 0 Å². The van der Waals surface area contributed by atoms with Crippen LogP contribution in [0.4, 0.5) is 0 Å². The summed E-state index contributed by atoms with van der Waals surface area (Å²) in [6.07, 6.45) is 1.21. The molecule has 0 aromatic rings. The normalized spacial score (nSPS) is 15.0. The van der Waals surface area contributed by atoms with Gasteiger partial charge in [0.05, 0.1) is 11.4 Å². The minimum absolute atomic E-state index is 0.315. The largest absolute Gasteiger partial charge is 0.403 e. The molecule has 0 unspecified atom stereocenters. The van der Waals surface area contributed by atoms with Gasteiger partial charge < -0.3 is 22.9 Å². The van der Waals surface area contributed by atoms with Crippen molar-refractivity contribution in [3.8, 4) is 0 Å².